The second kappa shape index (κ2) is 8.24. The summed E-state index contributed by atoms with van der Waals surface area (Å²) in [4.78, 5) is 18.6. The highest BCUT2D eigenvalue weighted by molar-refractivity contribution is 5.68. The van der Waals surface area contributed by atoms with Crippen LogP contribution in [-0.2, 0) is 0 Å². The first-order chi connectivity index (χ1) is 12.0. The number of nitrogens with zero attached hydrogens (tertiary/aromatic N) is 4. The molecular formula is C17H22N4O4. The third-order valence-electron chi connectivity index (χ3n) is 3.88. The first kappa shape index (κ1) is 18.4. The van der Waals surface area contributed by atoms with Gasteiger partial charge in [0.2, 0.25) is 0 Å². The quantitative estimate of drug-likeness (QED) is 0.627. The van der Waals surface area contributed by atoms with Gasteiger partial charge < -0.3 is 24.4 Å². The minimum absolute atomic E-state index is 0.188. The molecule has 2 rings (SSSR count). The van der Waals surface area contributed by atoms with Crippen LogP contribution in [0.3, 0.4) is 0 Å². The number of hydrogen-bond donors (Lipinski definition) is 1. The van der Waals surface area contributed by atoms with Crippen molar-refractivity contribution < 1.29 is 19.4 Å². The Hall–Kier alpha value is -2.95. The zero-order valence-electron chi connectivity index (χ0n) is 14.6. The van der Waals surface area contributed by atoms with Crippen LogP contribution in [0.2, 0.25) is 0 Å². The zero-order chi connectivity index (χ0) is 18.4. The largest absolute Gasteiger partial charge is 0.493 e. The maximum Gasteiger partial charge on any atom is 0.407 e. The van der Waals surface area contributed by atoms with E-state index < -0.39 is 6.09 Å². The Morgan fingerprint density at radius 1 is 1.52 bits per heavy atom. The van der Waals surface area contributed by atoms with E-state index in [0.29, 0.717) is 29.3 Å². The van der Waals surface area contributed by atoms with Gasteiger partial charge in [0.15, 0.2) is 11.5 Å². The number of carbonyl (C=O) groups is 1. The molecule has 0 unspecified atom stereocenters. The summed E-state index contributed by atoms with van der Waals surface area (Å²) in [7, 11) is 5.15. The van der Waals surface area contributed by atoms with Crippen LogP contribution in [-0.4, -0.2) is 67.7 Å². The average molecular weight is 346 g/mol. The molecule has 1 aliphatic heterocycles. The van der Waals surface area contributed by atoms with Crippen LogP contribution < -0.4 is 9.47 Å². The number of methoxy groups -OCH3 is 1. The van der Waals surface area contributed by atoms with Crippen LogP contribution in [0.15, 0.2) is 17.1 Å². The maximum atomic E-state index is 11.2. The third-order valence-corrected chi connectivity index (χ3v) is 3.88. The topological polar surface area (TPSA) is 98.4 Å². The minimum Gasteiger partial charge on any atom is -0.493 e. The summed E-state index contributed by atoms with van der Waals surface area (Å²) < 4.78 is 11.1. The second-order valence-electron chi connectivity index (χ2n) is 5.92. The van der Waals surface area contributed by atoms with E-state index in [0.717, 1.165) is 12.8 Å². The Morgan fingerprint density at radius 3 is 2.88 bits per heavy atom. The minimum atomic E-state index is -0.936. The fraction of sp³-hybridized carbons (Fsp3) is 0.471. The van der Waals surface area contributed by atoms with Crippen molar-refractivity contribution in [1.82, 2.24) is 9.80 Å². The molecule has 1 aromatic rings. The Kier molecular flexibility index (Phi) is 6.06. The van der Waals surface area contributed by atoms with E-state index >= 15 is 0 Å². The Bertz CT molecular complexity index is 697. The van der Waals surface area contributed by atoms with E-state index in [-0.39, 0.29) is 12.6 Å². The monoisotopic (exact) mass is 346 g/mol. The van der Waals surface area contributed by atoms with Crippen LogP contribution in [0.25, 0.3) is 0 Å². The number of nitriles is 1. The summed E-state index contributed by atoms with van der Waals surface area (Å²) in [5, 5.41) is 18.5. The summed E-state index contributed by atoms with van der Waals surface area (Å²) in [5.74, 6) is 0.852. The van der Waals surface area contributed by atoms with Crippen molar-refractivity contribution in [3.05, 3.63) is 17.7 Å². The van der Waals surface area contributed by atoms with Crippen LogP contribution in [0.1, 0.15) is 18.4 Å². The zero-order valence-corrected chi connectivity index (χ0v) is 14.6. The van der Waals surface area contributed by atoms with Gasteiger partial charge in [-0.2, -0.15) is 5.26 Å². The van der Waals surface area contributed by atoms with Gasteiger partial charge in [0.05, 0.1) is 30.7 Å². The van der Waals surface area contributed by atoms with E-state index in [1.165, 1.54) is 12.0 Å². The molecular weight excluding hydrogens is 324 g/mol. The summed E-state index contributed by atoms with van der Waals surface area (Å²) in [6.07, 6.45) is 2.24. The molecule has 134 valence electrons. The number of aliphatic imine (C=N–C) groups is 1. The van der Waals surface area contributed by atoms with E-state index in [9.17, 15) is 15.2 Å². The van der Waals surface area contributed by atoms with Crippen molar-refractivity contribution in [2.45, 2.75) is 18.9 Å². The van der Waals surface area contributed by atoms with Gasteiger partial charge in [0.1, 0.15) is 12.7 Å². The SMILES string of the molecule is COc1cc(C#N)c(/N=C/N(C)C)cc1OC[C@H]1CCCN1C(=O)O. The van der Waals surface area contributed by atoms with Crippen LogP contribution >= 0.6 is 0 Å². The summed E-state index contributed by atoms with van der Waals surface area (Å²) in [5.41, 5.74) is 0.837. The number of hydrogen-bond acceptors (Lipinski definition) is 5. The number of carboxylic acid groups (broad SMARTS) is 1. The highest BCUT2D eigenvalue weighted by Gasteiger charge is 2.29. The van der Waals surface area contributed by atoms with Crippen molar-refractivity contribution in [1.29, 1.82) is 5.26 Å². The van der Waals surface area contributed by atoms with Crippen molar-refractivity contribution in [3.8, 4) is 17.6 Å². The molecule has 0 bridgehead atoms. The molecule has 1 saturated heterocycles. The predicted octanol–water partition coefficient (Wildman–Crippen LogP) is 2.31. The number of likely N-dealkylation sites (tertiary alicyclic amines) is 1. The maximum absolute atomic E-state index is 11.2. The normalized spacial score (nSPS) is 16.7. The molecule has 0 aliphatic carbocycles. The molecule has 1 amide bonds. The molecule has 8 nitrogen and oxygen atoms in total. The summed E-state index contributed by atoms with van der Waals surface area (Å²) in [6.45, 7) is 0.748. The van der Waals surface area contributed by atoms with E-state index in [2.05, 4.69) is 11.1 Å². The smallest absolute Gasteiger partial charge is 0.407 e. The lowest BCUT2D eigenvalue weighted by molar-refractivity contribution is 0.122. The Labute approximate surface area is 146 Å². The lowest BCUT2D eigenvalue weighted by Crippen LogP contribution is -2.38. The van der Waals surface area contributed by atoms with Crippen LogP contribution in [0.5, 0.6) is 11.5 Å². The standard InChI is InChI=1S/C17H22N4O4/c1-20(2)11-19-14-8-16(15(24-3)7-12(14)9-18)25-10-13-5-4-6-21(13)17(22)23/h7-8,11,13H,4-6,10H2,1-3H3,(H,22,23)/b19-11+/t13-/m1/s1. The van der Waals surface area contributed by atoms with Gasteiger partial charge in [-0.05, 0) is 12.8 Å². The highest BCUT2D eigenvalue weighted by Crippen LogP contribution is 2.35. The third kappa shape index (κ3) is 4.53. The van der Waals surface area contributed by atoms with Gasteiger partial charge in [-0.3, -0.25) is 0 Å². The molecule has 8 heteroatoms. The van der Waals surface area contributed by atoms with Crippen molar-refractivity contribution in [3.63, 3.8) is 0 Å². The molecule has 1 atom stereocenters. The van der Waals surface area contributed by atoms with Crippen molar-refractivity contribution >= 4 is 18.1 Å². The number of rotatable bonds is 6. The highest BCUT2D eigenvalue weighted by atomic mass is 16.5. The number of benzene rings is 1. The van der Waals surface area contributed by atoms with E-state index in [4.69, 9.17) is 9.47 Å². The van der Waals surface area contributed by atoms with Gasteiger partial charge >= 0.3 is 6.09 Å². The molecule has 1 aromatic carbocycles. The van der Waals surface area contributed by atoms with Gasteiger partial charge in [-0.15, -0.1) is 0 Å². The number of ether oxygens (including phenoxy) is 2. The van der Waals surface area contributed by atoms with Gasteiger partial charge in [-0.25, -0.2) is 9.79 Å². The van der Waals surface area contributed by atoms with Crippen molar-refractivity contribution in [2.24, 2.45) is 4.99 Å². The molecule has 1 N–H and O–H groups in total. The molecule has 25 heavy (non-hydrogen) atoms. The first-order valence-corrected chi connectivity index (χ1v) is 7.91. The fourth-order valence-electron chi connectivity index (χ4n) is 2.64. The molecule has 0 saturated carbocycles. The molecule has 0 aromatic heterocycles. The molecule has 0 spiro atoms. The molecule has 0 radical (unpaired) electrons. The predicted molar refractivity (Wildman–Crippen MR) is 92.8 cm³/mol. The Morgan fingerprint density at radius 2 is 2.28 bits per heavy atom. The Balaban J connectivity index is 2.22. The first-order valence-electron chi connectivity index (χ1n) is 7.91. The molecule has 1 fully saturated rings. The summed E-state index contributed by atoms with van der Waals surface area (Å²) >= 11 is 0. The lowest BCUT2D eigenvalue weighted by atomic mass is 10.1. The molecule has 1 aliphatic rings. The van der Waals surface area contributed by atoms with Gasteiger partial charge in [0, 0.05) is 32.8 Å². The van der Waals surface area contributed by atoms with E-state index in [1.54, 1.807) is 23.4 Å². The summed E-state index contributed by atoms with van der Waals surface area (Å²) in [6, 6.07) is 5.11. The van der Waals surface area contributed by atoms with Crippen LogP contribution in [0, 0.1) is 11.3 Å². The van der Waals surface area contributed by atoms with E-state index in [1.807, 2.05) is 14.1 Å². The fourth-order valence-corrected chi connectivity index (χ4v) is 2.64. The number of amides is 1. The van der Waals surface area contributed by atoms with Crippen LogP contribution in [0.4, 0.5) is 10.5 Å². The average Bonchev–Trinajstić information content (AvgIpc) is 3.06. The lowest BCUT2D eigenvalue weighted by Gasteiger charge is -2.22. The van der Waals surface area contributed by atoms with Gasteiger partial charge in [-0.1, -0.05) is 0 Å². The molecule has 1 heterocycles. The van der Waals surface area contributed by atoms with Gasteiger partial charge in [0.25, 0.3) is 0 Å². The second-order valence-corrected chi connectivity index (χ2v) is 5.92. The van der Waals surface area contributed by atoms with Crippen molar-refractivity contribution in [2.75, 3.05) is 34.4 Å².